The normalized spacial score (nSPS) is 14.4. The first-order valence-electron chi connectivity index (χ1n) is 8.51. The van der Waals surface area contributed by atoms with Gasteiger partial charge in [-0.1, -0.05) is 23.7 Å². The molecule has 1 heterocycles. The molecule has 3 rings (SSSR count). The molecule has 1 atom stereocenters. The van der Waals surface area contributed by atoms with Gasteiger partial charge < -0.3 is 10.6 Å². The van der Waals surface area contributed by atoms with Crippen LogP contribution < -0.4 is 10.6 Å². The number of hydrogen-bond acceptors (Lipinski definition) is 3. The molecule has 0 saturated heterocycles. The number of carbonyl (C=O) groups is 1. The minimum atomic E-state index is -0.0797. The van der Waals surface area contributed by atoms with Crippen LogP contribution in [0.15, 0.2) is 24.3 Å². The molecule has 1 amide bonds. The third-order valence-electron chi connectivity index (χ3n) is 4.57. The van der Waals surface area contributed by atoms with Crippen LogP contribution in [0.5, 0.6) is 0 Å². The second kappa shape index (κ2) is 8.01. The fourth-order valence-electron chi connectivity index (χ4n) is 3.16. The minimum Gasteiger partial charge on any atom is -0.333 e. The molecule has 0 bridgehead atoms. The van der Waals surface area contributed by atoms with Crippen molar-refractivity contribution in [3.63, 3.8) is 0 Å². The molecule has 1 aromatic carbocycles. The number of amides is 1. The average molecular weight is 375 g/mol. The van der Waals surface area contributed by atoms with Gasteiger partial charge in [0.1, 0.15) is 17.1 Å². The third kappa shape index (κ3) is 4.21. The second-order valence-corrected chi connectivity index (χ2v) is 7.90. The van der Waals surface area contributed by atoms with Crippen LogP contribution in [0.2, 0.25) is 5.02 Å². The van der Waals surface area contributed by atoms with Crippen molar-refractivity contribution in [3.05, 3.63) is 50.9 Å². The van der Waals surface area contributed by atoms with Crippen LogP contribution in [0.4, 0.5) is 5.00 Å². The van der Waals surface area contributed by atoms with E-state index in [0.29, 0.717) is 22.1 Å². The highest BCUT2D eigenvalue weighted by Gasteiger charge is 2.22. The average Bonchev–Trinajstić information content (AvgIpc) is 2.96. The quantitative estimate of drug-likeness (QED) is 0.841. The van der Waals surface area contributed by atoms with Crippen molar-refractivity contribution in [2.75, 3.05) is 11.9 Å². The highest BCUT2D eigenvalue weighted by atomic mass is 35.5. The maximum Gasteiger partial charge on any atom is 0.280 e. The van der Waals surface area contributed by atoms with Gasteiger partial charge in [0, 0.05) is 15.5 Å². The van der Waals surface area contributed by atoms with E-state index < -0.39 is 0 Å². The summed E-state index contributed by atoms with van der Waals surface area (Å²) in [6.45, 7) is 2.35. The Kier molecular flexibility index (Phi) is 5.74. The molecule has 0 spiro atoms. The summed E-state index contributed by atoms with van der Waals surface area (Å²) < 4.78 is 0. The highest BCUT2D eigenvalue weighted by Crippen LogP contribution is 2.37. The van der Waals surface area contributed by atoms with Gasteiger partial charge in [-0.3, -0.25) is 4.79 Å². The Morgan fingerprint density at radius 1 is 1.44 bits per heavy atom. The van der Waals surface area contributed by atoms with E-state index in [1.54, 1.807) is 11.3 Å². The molecule has 0 fully saturated rings. The van der Waals surface area contributed by atoms with Crippen LogP contribution in [-0.2, 0) is 17.6 Å². The Bertz CT molecular complexity index is 825. The van der Waals surface area contributed by atoms with Crippen molar-refractivity contribution in [2.45, 2.75) is 38.6 Å². The van der Waals surface area contributed by atoms with Gasteiger partial charge in [-0.25, -0.2) is 0 Å². The molecule has 2 aromatic rings. The van der Waals surface area contributed by atoms with Gasteiger partial charge in [0.15, 0.2) is 6.54 Å². The molecule has 0 aliphatic heterocycles. The second-order valence-electron chi connectivity index (χ2n) is 6.36. The molecule has 1 aliphatic rings. The van der Waals surface area contributed by atoms with Crippen molar-refractivity contribution < 1.29 is 10.1 Å². The number of anilines is 1. The van der Waals surface area contributed by atoms with E-state index in [4.69, 9.17) is 11.6 Å². The van der Waals surface area contributed by atoms with E-state index in [1.165, 1.54) is 4.88 Å². The number of nitrogens with zero attached hydrogens (tertiary/aromatic N) is 1. The molecule has 25 heavy (non-hydrogen) atoms. The fraction of sp³-hybridized carbons (Fsp3) is 0.368. The third-order valence-corrected chi connectivity index (χ3v) is 6.01. The molecule has 3 N–H and O–H groups in total. The Hall–Kier alpha value is -1.87. The topological polar surface area (TPSA) is 69.5 Å². The summed E-state index contributed by atoms with van der Waals surface area (Å²) in [5.74, 6) is -0.0797. The number of quaternary nitrogens is 1. The summed E-state index contributed by atoms with van der Waals surface area (Å²) in [7, 11) is 0. The number of nitrogens with two attached hydrogens (primary N) is 1. The maximum absolute atomic E-state index is 12.3. The number of thiophene rings is 1. The van der Waals surface area contributed by atoms with Gasteiger partial charge in [-0.15, -0.1) is 11.3 Å². The first-order valence-corrected chi connectivity index (χ1v) is 9.71. The molecular weight excluding hydrogens is 354 g/mol. The Morgan fingerprint density at radius 2 is 2.24 bits per heavy atom. The Balaban J connectivity index is 1.62. The smallest absolute Gasteiger partial charge is 0.280 e. The molecule has 0 radical (unpaired) electrons. The molecule has 1 aromatic heterocycles. The number of hydrogen-bond donors (Lipinski definition) is 2. The summed E-state index contributed by atoms with van der Waals surface area (Å²) in [5, 5.41) is 15.8. The van der Waals surface area contributed by atoms with E-state index in [-0.39, 0.29) is 11.9 Å². The Labute approximate surface area is 156 Å². The van der Waals surface area contributed by atoms with Crippen molar-refractivity contribution >= 4 is 33.8 Å². The molecule has 0 saturated carbocycles. The zero-order chi connectivity index (χ0) is 17.8. The summed E-state index contributed by atoms with van der Waals surface area (Å²) >= 11 is 7.58. The van der Waals surface area contributed by atoms with Gasteiger partial charge in [0.05, 0.1) is 5.56 Å². The summed E-state index contributed by atoms with van der Waals surface area (Å²) in [5.41, 5.74) is 2.89. The van der Waals surface area contributed by atoms with Gasteiger partial charge in [-0.2, -0.15) is 5.26 Å². The molecule has 4 nitrogen and oxygen atoms in total. The van der Waals surface area contributed by atoms with E-state index in [9.17, 15) is 10.1 Å². The lowest BCUT2D eigenvalue weighted by Crippen LogP contribution is -2.86. The predicted molar refractivity (Wildman–Crippen MR) is 101 cm³/mol. The zero-order valence-corrected chi connectivity index (χ0v) is 15.7. The summed E-state index contributed by atoms with van der Waals surface area (Å²) in [6.07, 6.45) is 4.25. The van der Waals surface area contributed by atoms with Crippen LogP contribution >= 0.6 is 22.9 Å². The largest absolute Gasteiger partial charge is 0.333 e. The number of nitrogens with one attached hydrogen (secondary N) is 1. The van der Waals surface area contributed by atoms with Gasteiger partial charge in [-0.05, 0) is 50.3 Å². The number of nitriles is 1. The number of carbonyl (C=O) groups excluding carboxylic acids is 1. The molecule has 6 heteroatoms. The molecule has 130 valence electrons. The predicted octanol–water partition coefficient (Wildman–Crippen LogP) is 3.42. The van der Waals surface area contributed by atoms with Crippen molar-refractivity contribution in [2.24, 2.45) is 0 Å². The lowest BCUT2D eigenvalue weighted by atomic mass is 9.96. The Morgan fingerprint density at radius 3 is 3.00 bits per heavy atom. The van der Waals surface area contributed by atoms with Gasteiger partial charge in [0.2, 0.25) is 0 Å². The first kappa shape index (κ1) is 17.9. The highest BCUT2D eigenvalue weighted by molar-refractivity contribution is 7.16. The van der Waals surface area contributed by atoms with Crippen LogP contribution in [0, 0.1) is 11.3 Å². The van der Waals surface area contributed by atoms with Crippen LogP contribution in [0.25, 0.3) is 0 Å². The number of halogens is 1. The number of benzene rings is 1. The minimum absolute atomic E-state index is 0.0797. The van der Waals surface area contributed by atoms with E-state index >= 15 is 0 Å². The van der Waals surface area contributed by atoms with Crippen molar-refractivity contribution in [1.82, 2.24) is 0 Å². The number of aryl methyl sites for hydroxylation is 1. The SMILES string of the molecule is C[C@@H]([NH2+]CC(=O)Nc1sc2c(c1C#N)CCCC2)c1cccc(Cl)c1. The monoisotopic (exact) mass is 374 g/mol. The zero-order valence-electron chi connectivity index (χ0n) is 14.1. The van der Waals surface area contributed by atoms with Gasteiger partial charge >= 0.3 is 0 Å². The van der Waals surface area contributed by atoms with Crippen molar-refractivity contribution in [1.29, 1.82) is 5.26 Å². The van der Waals surface area contributed by atoms with E-state index in [2.05, 4.69) is 11.4 Å². The standard InChI is InChI=1S/C19H20ClN3OS/c1-12(13-5-4-6-14(20)9-13)22-11-18(24)23-19-16(10-21)15-7-2-3-8-17(15)25-19/h4-6,9,12,22H,2-3,7-8,11H2,1H3,(H,23,24)/p+1/t12-/m1/s1. The number of fused-ring (bicyclic) bond motifs is 1. The van der Waals surface area contributed by atoms with E-state index in [0.717, 1.165) is 36.8 Å². The van der Waals surface area contributed by atoms with Crippen LogP contribution in [-0.4, -0.2) is 12.5 Å². The summed E-state index contributed by atoms with van der Waals surface area (Å²) in [6, 6.07) is 10.1. The first-order chi connectivity index (χ1) is 12.1. The molecular formula is C19H21ClN3OS+. The molecule has 1 aliphatic carbocycles. The fourth-order valence-corrected chi connectivity index (χ4v) is 4.61. The van der Waals surface area contributed by atoms with Crippen molar-refractivity contribution in [3.8, 4) is 6.07 Å². The summed E-state index contributed by atoms with van der Waals surface area (Å²) in [4.78, 5) is 13.6. The van der Waals surface area contributed by atoms with E-state index in [1.807, 2.05) is 36.5 Å². The lowest BCUT2D eigenvalue weighted by molar-refractivity contribution is -0.682. The lowest BCUT2D eigenvalue weighted by Gasteiger charge is -2.11. The van der Waals surface area contributed by atoms with Gasteiger partial charge in [0.25, 0.3) is 5.91 Å². The van der Waals surface area contributed by atoms with Crippen LogP contribution in [0.1, 0.15) is 47.4 Å². The maximum atomic E-state index is 12.3. The molecule has 0 unspecified atom stereocenters. The number of rotatable bonds is 5. The van der Waals surface area contributed by atoms with Crippen LogP contribution in [0.3, 0.4) is 0 Å².